The predicted molar refractivity (Wildman–Crippen MR) is 118 cm³/mol. The van der Waals surface area contributed by atoms with Gasteiger partial charge >= 0.3 is 6.03 Å². The number of nitrogens with one attached hydrogen (secondary N) is 1. The lowest BCUT2D eigenvalue weighted by molar-refractivity contribution is -0.131. The van der Waals surface area contributed by atoms with E-state index >= 15 is 0 Å². The molecule has 1 fully saturated rings. The highest BCUT2D eigenvalue weighted by Gasteiger charge is 2.49. The molecule has 0 aromatic heterocycles. The van der Waals surface area contributed by atoms with Crippen molar-refractivity contribution in [1.29, 1.82) is 0 Å². The third kappa shape index (κ3) is 4.21. The molecule has 2 aliphatic rings. The molecule has 176 valence electrons. The number of rotatable bonds is 7. The zero-order valence-electron chi connectivity index (χ0n) is 18.5. The predicted octanol–water partition coefficient (Wildman–Crippen LogP) is 1.55. The Morgan fingerprint density at radius 3 is 2.39 bits per heavy atom. The molecule has 2 heterocycles. The van der Waals surface area contributed by atoms with E-state index in [-0.39, 0.29) is 18.0 Å². The van der Waals surface area contributed by atoms with Crippen LogP contribution in [0.25, 0.3) is 0 Å². The van der Waals surface area contributed by atoms with Gasteiger partial charge in [-0.2, -0.15) is 0 Å². The van der Waals surface area contributed by atoms with Crippen LogP contribution in [0.3, 0.4) is 0 Å². The number of urea groups is 1. The monoisotopic (exact) mass is 475 g/mol. The van der Waals surface area contributed by atoms with Crippen molar-refractivity contribution < 1.29 is 32.2 Å². The second-order valence-electron chi connectivity index (χ2n) is 7.98. The maximum absolute atomic E-state index is 13.1. The van der Waals surface area contributed by atoms with E-state index in [1.54, 1.807) is 25.1 Å². The third-order valence-electron chi connectivity index (χ3n) is 5.58. The molecular formula is C22H25N3O7S. The van der Waals surface area contributed by atoms with Crippen LogP contribution in [0.15, 0.2) is 47.4 Å². The maximum Gasteiger partial charge on any atom is 0.325 e. The van der Waals surface area contributed by atoms with E-state index in [2.05, 4.69) is 5.32 Å². The van der Waals surface area contributed by atoms with Gasteiger partial charge in [-0.15, -0.1) is 0 Å². The molecule has 2 aromatic carbocycles. The zero-order valence-corrected chi connectivity index (χ0v) is 19.3. The van der Waals surface area contributed by atoms with Gasteiger partial charge in [-0.3, -0.25) is 9.69 Å². The lowest BCUT2D eigenvalue weighted by Crippen LogP contribution is -2.41. The highest BCUT2D eigenvalue weighted by molar-refractivity contribution is 7.89. The smallest absolute Gasteiger partial charge is 0.325 e. The first-order chi connectivity index (χ1) is 15.6. The molecule has 0 saturated carbocycles. The van der Waals surface area contributed by atoms with E-state index < -0.39 is 27.5 Å². The molecule has 0 bridgehead atoms. The third-order valence-corrected chi connectivity index (χ3v) is 7.41. The van der Waals surface area contributed by atoms with Gasteiger partial charge in [0.25, 0.3) is 5.91 Å². The number of imide groups is 1. The Morgan fingerprint density at radius 2 is 1.73 bits per heavy atom. The van der Waals surface area contributed by atoms with Gasteiger partial charge in [0.1, 0.15) is 31.1 Å². The van der Waals surface area contributed by atoms with E-state index in [0.717, 1.165) is 9.21 Å². The Labute approximate surface area is 192 Å². The summed E-state index contributed by atoms with van der Waals surface area (Å²) in [6, 6.07) is 10.6. The number of carbonyl (C=O) groups excluding carboxylic acids is 2. The average Bonchev–Trinajstić information content (AvgIpc) is 3.02. The van der Waals surface area contributed by atoms with Crippen LogP contribution in [0.4, 0.5) is 4.79 Å². The van der Waals surface area contributed by atoms with E-state index in [0.29, 0.717) is 36.0 Å². The summed E-state index contributed by atoms with van der Waals surface area (Å²) in [5.41, 5.74) is -0.652. The zero-order chi connectivity index (χ0) is 23.8. The molecule has 10 nitrogen and oxygen atoms in total. The van der Waals surface area contributed by atoms with Crippen molar-refractivity contribution in [3.63, 3.8) is 0 Å². The standard InChI is InChI=1S/C22H25N3O7S/c1-22(15-4-9-18-19(14-15)32-13-12-31-18)20(26)25(21(27)23-22)10-11-30-16-5-7-17(8-6-16)33(28,29)24(2)3/h4-9,14H,10-13H2,1-3H3,(H,23,27). The van der Waals surface area contributed by atoms with Crippen molar-refractivity contribution in [2.24, 2.45) is 0 Å². The summed E-state index contributed by atoms with van der Waals surface area (Å²) in [4.78, 5) is 26.9. The summed E-state index contributed by atoms with van der Waals surface area (Å²) in [5, 5.41) is 2.75. The second-order valence-corrected chi connectivity index (χ2v) is 10.1. The molecule has 33 heavy (non-hydrogen) atoms. The van der Waals surface area contributed by atoms with Crippen LogP contribution in [0.2, 0.25) is 0 Å². The van der Waals surface area contributed by atoms with Crippen LogP contribution in [0.5, 0.6) is 17.2 Å². The molecule has 1 N–H and O–H groups in total. The fourth-order valence-corrected chi connectivity index (χ4v) is 4.53. The Kier molecular flexibility index (Phi) is 5.93. The van der Waals surface area contributed by atoms with Crippen LogP contribution in [0, 0.1) is 0 Å². The van der Waals surface area contributed by atoms with Gasteiger partial charge in [0, 0.05) is 14.1 Å². The van der Waals surface area contributed by atoms with E-state index in [1.165, 1.54) is 38.4 Å². The number of hydrogen-bond acceptors (Lipinski definition) is 7. The van der Waals surface area contributed by atoms with Crippen LogP contribution < -0.4 is 19.5 Å². The Balaban J connectivity index is 1.41. The maximum atomic E-state index is 13.1. The molecule has 3 amide bonds. The van der Waals surface area contributed by atoms with Crippen LogP contribution in [-0.4, -0.2) is 70.0 Å². The first-order valence-electron chi connectivity index (χ1n) is 10.3. The quantitative estimate of drug-likeness (QED) is 0.605. The van der Waals surface area contributed by atoms with Crippen LogP contribution in [0.1, 0.15) is 12.5 Å². The largest absolute Gasteiger partial charge is 0.492 e. The molecule has 0 radical (unpaired) electrons. The molecule has 11 heteroatoms. The number of carbonyl (C=O) groups is 2. The summed E-state index contributed by atoms with van der Waals surface area (Å²) in [6.45, 7) is 2.60. The SMILES string of the molecule is CN(C)S(=O)(=O)c1ccc(OCCN2C(=O)NC(C)(c3ccc4c(c3)OCCO4)C2=O)cc1. The minimum absolute atomic E-state index is 0.0303. The first-order valence-corrected chi connectivity index (χ1v) is 11.8. The topological polar surface area (TPSA) is 114 Å². The second kappa shape index (κ2) is 8.56. The highest BCUT2D eigenvalue weighted by atomic mass is 32.2. The number of ether oxygens (including phenoxy) is 3. The fourth-order valence-electron chi connectivity index (χ4n) is 3.62. The molecule has 1 saturated heterocycles. The number of sulfonamides is 1. The number of nitrogens with zero attached hydrogens (tertiary/aromatic N) is 2. The molecule has 2 aromatic rings. The number of amides is 3. The van der Waals surface area contributed by atoms with Gasteiger partial charge in [0.15, 0.2) is 11.5 Å². The molecule has 0 aliphatic carbocycles. The minimum atomic E-state index is -3.53. The average molecular weight is 476 g/mol. The van der Waals surface area contributed by atoms with Crippen molar-refractivity contribution >= 4 is 22.0 Å². The van der Waals surface area contributed by atoms with E-state index in [1.807, 2.05) is 0 Å². The van der Waals surface area contributed by atoms with Gasteiger partial charge in [0.2, 0.25) is 10.0 Å². The van der Waals surface area contributed by atoms with Crippen LogP contribution >= 0.6 is 0 Å². The molecule has 0 spiro atoms. The van der Waals surface area contributed by atoms with Crippen molar-refractivity contribution in [2.45, 2.75) is 17.4 Å². The van der Waals surface area contributed by atoms with Crippen molar-refractivity contribution in [1.82, 2.24) is 14.5 Å². The Hall–Kier alpha value is -3.31. The minimum Gasteiger partial charge on any atom is -0.492 e. The molecule has 2 aliphatic heterocycles. The van der Waals surface area contributed by atoms with Crippen molar-refractivity contribution in [2.75, 3.05) is 40.5 Å². The van der Waals surface area contributed by atoms with E-state index in [9.17, 15) is 18.0 Å². The Bertz CT molecular complexity index is 1180. The van der Waals surface area contributed by atoms with Gasteiger partial charge in [-0.1, -0.05) is 6.07 Å². The lowest BCUT2D eigenvalue weighted by atomic mass is 9.91. The number of benzene rings is 2. The summed E-state index contributed by atoms with van der Waals surface area (Å²) >= 11 is 0. The highest BCUT2D eigenvalue weighted by Crippen LogP contribution is 2.36. The molecule has 1 unspecified atom stereocenters. The van der Waals surface area contributed by atoms with E-state index in [4.69, 9.17) is 14.2 Å². The summed E-state index contributed by atoms with van der Waals surface area (Å²) < 4.78 is 42.1. The van der Waals surface area contributed by atoms with Crippen molar-refractivity contribution in [3.05, 3.63) is 48.0 Å². The van der Waals surface area contributed by atoms with Crippen molar-refractivity contribution in [3.8, 4) is 17.2 Å². The van der Waals surface area contributed by atoms with Crippen LogP contribution in [-0.2, 0) is 20.4 Å². The summed E-state index contributed by atoms with van der Waals surface area (Å²) in [5.74, 6) is 1.15. The Morgan fingerprint density at radius 1 is 1.06 bits per heavy atom. The van der Waals surface area contributed by atoms with Gasteiger partial charge in [-0.05, 0) is 48.9 Å². The molecule has 1 atom stereocenters. The summed E-state index contributed by atoms with van der Waals surface area (Å²) in [7, 11) is -0.622. The normalized spacial score (nSPS) is 20.2. The molecule has 4 rings (SSSR count). The van der Waals surface area contributed by atoms with Gasteiger partial charge in [0.05, 0.1) is 11.4 Å². The summed E-state index contributed by atoms with van der Waals surface area (Å²) in [6.07, 6.45) is 0. The lowest BCUT2D eigenvalue weighted by Gasteiger charge is -2.25. The van der Waals surface area contributed by atoms with Gasteiger partial charge < -0.3 is 19.5 Å². The number of hydrogen-bond donors (Lipinski definition) is 1. The fraction of sp³-hybridized carbons (Fsp3) is 0.364. The number of fused-ring (bicyclic) bond motifs is 1. The first kappa shape index (κ1) is 22.9. The van der Waals surface area contributed by atoms with Gasteiger partial charge in [-0.25, -0.2) is 17.5 Å². The molecular weight excluding hydrogens is 450 g/mol.